The molecule has 3 aromatic rings. The molecule has 0 atom stereocenters. The first-order valence-electron chi connectivity index (χ1n) is 13.1. The Labute approximate surface area is 220 Å². The van der Waals surface area contributed by atoms with Gasteiger partial charge in [-0.05, 0) is 93.1 Å². The van der Waals surface area contributed by atoms with Crippen LogP contribution in [0.4, 0.5) is 5.69 Å². The standard InChI is InChI=1S/C31H38N2O2S/c1-4-35-29-16-14-27(15-17-29)32-31(36-30-18-13-23(2)19-24(30)3)33(21-25-9-6-5-7-10-25)22-26-11-8-12-28(34)20-26/h8,11-20,25,34H,4-7,9-10,21-22H2,1-3H3. The Morgan fingerprint density at radius 2 is 1.78 bits per heavy atom. The molecule has 4 rings (SSSR count). The minimum Gasteiger partial charge on any atom is -0.508 e. The van der Waals surface area contributed by atoms with E-state index in [-0.39, 0.29) is 0 Å². The zero-order valence-electron chi connectivity index (χ0n) is 21.7. The van der Waals surface area contributed by atoms with Gasteiger partial charge < -0.3 is 14.7 Å². The van der Waals surface area contributed by atoms with Crippen LogP contribution in [-0.4, -0.2) is 28.3 Å². The zero-order valence-corrected chi connectivity index (χ0v) is 22.6. The van der Waals surface area contributed by atoms with Gasteiger partial charge in [0.2, 0.25) is 0 Å². The van der Waals surface area contributed by atoms with Gasteiger partial charge in [0.25, 0.3) is 0 Å². The Kier molecular flexibility index (Phi) is 9.35. The predicted molar refractivity (Wildman–Crippen MR) is 152 cm³/mol. The van der Waals surface area contributed by atoms with Gasteiger partial charge >= 0.3 is 0 Å². The Morgan fingerprint density at radius 1 is 1.00 bits per heavy atom. The molecule has 1 N–H and O–H groups in total. The molecule has 0 aliphatic heterocycles. The predicted octanol–water partition coefficient (Wildman–Crippen LogP) is 8.27. The van der Waals surface area contributed by atoms with E-state index >= 15 is 0 Å². The van der Waals surface area contributed by atoms with E-state index in [4.69, 9.17) is 9.73 Å². The fraction of sp³-hybridized carbons (Fsp3) is 0.387. The van der Waals surface area contributed by atoms with E-state index < -0.39 is 0 Å². The number of aromatic hydroxyl groups is 1. The molecule has 0 amide bonds. The van der Waals surface area contributed by atoms with Gasteiger partial charge in [-0.25, -0.2) is 4.99 Å². The van der Waals surface area contributed by atoms with Crippen molar-refractivity contribution < 1.29 is 9.84 Å². The van der Waals surface area contributed by atoms with Gasteiger partial charge in [-0.15, -0.1) is 0 Å². The smallest absolute Gasteiger partial charge is 0.169 e. The second-order valence-electron chi connectivity index (χ2n) is 9.75. The van der Waals surface area contributed by atoms with E-state index in [9.17, 15) is 5.11 Å². The summed E-state index contributed by atoms with van der Waals surface area (Å²) in [6.45, 7) is 8.62. The summed E-state index contributed by atoms with van der Waals surface area (Å²) in [6.07, 6.45) is 6.48. The average molecular weight is 503 g/mol. The lowest BCUT2D eigenvalue weighted by atomic mass is 9.89. The highest BCUT2D eigenvalue weighted by Crippen LogP contribution is 2.32. The van der Waals surface area contributed by atoms with Crippen molar-refractivity contribution in [2.24, 2.45) is 10.9 Å². The van der Waals surface area contributed by atoms with Gasteiger partial charge in [0.1, 0.15) is 11.5 Å². The van der Waals surface area contributed by atoms with Crippen LogP contribution in [0.3, 0.4) is 0 Å². The van der Waals surface area contributed by atoms with E-state index in [1.807, 2.05) is 43.3 Å². The Morgan fingerprint density at radius 3 is 2.47 bits per heavy atom. The lowest BCUT2D eigenvalue weighted by Crippen LogP contribution is -2.34. The number of hydrogen-bond donors (Lipinski definition) is 1. The molecule has 36 heavy (non-hydrogen) atoms. The van der Waals surface area contributed by atoms with E-state index in [1.54, 1.807) is 17.8 Å². The van der Waals surface area contributed by atoms with Crippen LogP contribution in [0.5, 0.6) is 11.5 Å². The van der Waals surface area contributed by atoms with Crippen molar-refractivity contribution in [3.8, 4) is 11.5 Å². The average Bonchev–Trinajstić information content (AvgIpc) is 2.87. The minimum atomic E-state index is 0.303. The lowest BCUT2D eigenvalue weighted by Gasteiger charge is -2.32. The number of nitrogens with zero attached hydrogens (tertiary/aromatic N) is 2. The van der Waals surface area contributed by atoms with Crippen molar-refractivity contribution >= 4 is 22.6 Å². The number of amidine groups is 1. The van der Waals surface area contributed by atoms with Crippen molar-refractivity contribution in [3.63, 3.8) is 0 Å². The molecule has 0 radical (unpaired) electrons. The van der Waals surface area contributed by atoms with Crippen LogP contribution in [0.2, 0.25) is 0 Å². The molecule has 3 aromatic carbocycles. The molecule has 0 unspecified atom stereocenters. The van der Waals surface area contributed by atoms with Crippen LogP contribution in [0.15, 0.2) is 76.6 Å². The molecular formula is C31H38N2O2S. The van der Waals surface area contributed by atoms with Crippen LogP contribution < -0.4 is 4.74 Å². The molecule has 1 fully saturated rings. The second-order valence-corrected chi connectivity index (χ2v) is 10.8. The van der Waals surface area contributed by atoms with Gasteiger partial charge in [0.05, 0.1) is 12.3 Å². The fourth-order valence-electron chi connectivity index (χ4n) is 4.83. The Balaban J connectivity index is 1.71. The van der Waals surface area contributed by atoms with Gasteiger partial charge in [-0.2, -0.15) is 0 Å². The van der Waals surface area contributed by atoms with Gasteiger partial charge in [-0.3, -0.25) is 0 Å². The molecule has 0 saturated heterocycles. The Hall–Kier alpha value is -2.92. The first kappa shape index (κ1) is 26.2. The molecule has 1 saturated carbocycles. The quantitative estimate of drug-likeness (QED) is 0.191. The number of aryl methyl sites for hydroxylation is 2. The molecule has 0 aromatic heterocycles. The highest BCUT2D eigenvalue weighted by Gasteiger charge is 2.22. The molecule has 0 heterocycles. The molecule has 190 valence electrons. The third-order valence-corrected chi connectivity index (χ3v) is 7.87. The van der Waals surface area contributed by atoms with Crippen LogP contribution in [0.1, 0.15) is 55.7 Å². The van der Waals surface area contributed by atoms with Crippen molar-refractivity contribution in [1.29, 1.82) is 0 Å². The van der Waals surface area contributed by atoms with E-state index in [0.717, 1.165) is 28.7 Å². The highest BCUT2D eigenvalue weighted by molar-refractivity contribution is 8.13. The molecule has 1 aliphatic carbocycles. The molecule has 0 bridgehead atoms. The maximum Gasteiger partial charge on any atom is 0.169 e. The third-order valence-electron chi connectivity index (χ3n) is 6.66. The topological polar surface area (TPSA) is 45.1 Å². The van der Waals surface area contributed by atoms with Crippen molar-refractivity contribution in [2.75, 3.05) is 13.2 Å². The van der Waals surface area contributed by atoms with E-state index in [2.05, 4.69) is 43.0 Å². The molecular weight excluding hydrogens is 464 g/mol. The SMILES string of the molecule is CCOc1ccc(N=C(Sc2ccc(C)cc2C)N(Cc2cccc(O)c2)CC2CCCCC2)cc1. The van der Waals surface area contributed by atoms with Gasteiger partial charge in [0.15, 0.2) is 5.17 Å². The largest absolute Gasteiger partial charge is 0.508 e. The number of phenols is 1. The summed E-state index contributed by atoms with van der Waals surface area (Å²) in [5.74, 6) is 1.82. The van der Waals surface area contributed by atoms with Gasteiger partial charge in [0, 0.05) is 18.0 Å². The zero-order chi connectivity index (χ0) is 25.3. The number of aliphatic imine (C=N–C) groups is 1. The maximum absolute atomic E-state index is 10.1. The first-order valence-corrected chi connectivity index (χ1v) is 13.9. The molecule has 0 spiro atoms. The molecule has 4 nitrogen and oxygen atoms in total. The minimum absolute atomic E-state index is 0.303. The van der Waals surface area contributed by atoms with Crippen LogP contribution >= 0.6 is 11.8 Å². The fourth-order valence-corrected chi connectivity index (χ4v) is 5.80. The summed E-state index contributed by atoms with van der Waals surface area (Å²) in [6, 6.07) is 22.2. The normalized spacial score (nSPS) is 14.6. The summed E-state index contributed by atoms with van der Waals surface area (Å²) in [4.78, 5) is 8.83. The highest BCUT2D eigenvalue weighted by atomic mass is 32.2. The van der Waals surface area contributed by atoms with Crippen molar-refractivity contribution in [2.45, 2.75) is 64.3 Å². The summed E-state index contributed by atoms with van der Waals surface area (Å²) in [5.41, 5.74) is 4.52. The second kappa shape index (κ2) is 12.9. The summed E-state index contributed by atoms with van der Waals surface area (Å²) < 4.78 is 5.64. The monoisotopic (exact) mass is 502 g/mol. The van der Waals surface area contributed by atoms with Gasteiger partial charge in [-0.1, -0.05) is 60.9 Å². The lowest BCUT2D eigenvalue weighted by molar-refractivity contribution is 0.272. The molecule has 5 heteroatoms. The third kappa shape index (κ3) is 7.54. The van der Waals surface area contributed by atoms with Crippen LogP contribution in [0.25, 0.3) is 0 Å². The van der Waals surface area contributed by atoms with Crippen LogP contribution in [-0.2, 0) is 6.54 Å². The summed E-state index contributed by atoms with van der Waals surface area (Å²) in [7, 11) is 0. The Bertz CT molecular complexity index is 1150. The van der Waals surface area contributed by atoms with E-state index in [0.29, 0.717) is 24.8 Å². The number of rotatable bonds is 8. The maximum atomic E-state index is 10.1. The number of hydrogen-bond acceptors (Lipinski definition) is 4. The number of ether oxygens (including phenoxy) is 1. The summed E-state index contributed by atoms with van der Waals surface area (Å²) in [5, 5.41) is 11.1. The van der Waals surface area contributed by atoms with Crippen molar-refractivity contribution in [1.82, 2.24) is 4.90 Å². The number of phenolic OH excluding ortho intramolecular Hbond substituents is 1. The van der Waals surface area contributed by atoms with Crippen LogP contribution in [0, 0.1) is 19.8 Å². The van der Waals surface area contributed by atoms with Crippen molar-refractivity contribution in [3.05, 3.63) is 83.4 Å². The van der Waals surface area contributed by atoms with E-state index in [1.165, 1.54) is 48.1 Å². The first-order chi connectivity index (χ1) is 17.5. The summed E-state index contributed by atoms with van der Waals surface area (Å²) >= 11 is 1.74. The number of benzene rings is 3. The number of thioether (sulfide) groups is 1. The molecule has 1 aliphatic rings.